The van der Waals surface area contributed by atoms with Crippen LogP contribution in [0.15, 0.2) is 65.6 Å². The van der Waals surface area contributed by atoms with E-state index >= 15 is 0 Å². The van der Waals surface area contributed by atoms with Crippen molar-refractivity contribution in [2.75, 3.05) is 25.4 Å². The third kappa shape index (κ3) is 5.37. The molecule has 0 saturated carbocycles. The van der Waals surface area contributed by atoms with Crippen molar-refractivity contribution in [2.45, 2.75) is 11.4 Å². The first-order valence-electron chi connectivity index (χ1n) is 6.93. The molecule has 0 aliphatic heterocycles. The zero-order chi connectivity index (χ0) is 14.0. The molecule has 0 spiro atoms. The van der Waals surface area contributed by atoms with Crippen LogP contribution in [-0.2, 0) is 6.54 Å². The summed E-state index contributed by atoms with van der Waals surface area (Å²) < 4.78 is 0. The van der Waals surface area contributed by atoms with Gasteiger partial charge in [0.2, 0.25) is 0 Å². The SMILES string of the molecule is OCCN(CCSc1ccccc1)Cc1ccccc1. The van der Waals surface area contributed by atoms with Crippen LogP contribution in [-0.4, -0.2) is 35.5 Å². The van der Waals surface area contributed by atoms with Crippen molar-refractivity contribution < 1.29 is 5.11 Å². The highest BCUT2D eigenvalue weighted by Crippen LogP contribution is 2.17. The van der Waals surface area contributed by atoms with E-state index in [1.807, 2.05) is 23.9 Å². The molecule has 0 heterocycles. The van der Waals surface area contributed by atoms with Crippen LogP contribution < -0.4 is 0 Å². The summed E-state index contributed by atoms with van der Waals surface area (Å²) in [6.45, 7) is 2.82. The molecule has 0 fully saturated rings. The number of thioether (sulfide) groups is 1. The molecule has 0 aliphatic carbocycles. The summed E-state index contributed by atoms with van der Waals surface area (Å²) in [5.41, 5.74) is 1.30. The zero-order valence-corrected chi connectivity index (χ0v) is 12.4. The van der Waals surface area contributed by atoms with Crippen molar-refractivity contribution in [1.82, 2.24) is 4.90 Å². The van der Waals surface area contributed by atoms with Crippen LogP contribution >= 0.6 is 11.8 Å². The second-order valence-electron chi connectivity index (χ2n) is 4.65. The van der Waals surface area contributed by atoms with Gasteiger partial charge in [0, 0.05) is 30.3 Å². The Bertz CT molecular complexity index is 475. The van der Waals surface area contributed by atoms with Crippen molar-refractivity contribution in [3.05, 3.63) is 66.2 Å². The quantitative estimate of drug-likeness (QED) is 0.754. The fourth-order valence-electron chi connectivity index (χ4n) is 2.06. The first-order chi connectivity index (χ1) is 9.88. The van der Waals surface area contributed by atoms with Crippen LogP contribution in [0, 0.1) is 0 Å². The van der Waals surface area contributed by atoms with Crippen molar-refractivity contribution in [3.63, 3.8) is 0 Å². The Balaban J connectivity index is 1.80. The minimum absolute atomic E-state index is 0.211. The first kappa shape index (κ1) is 15.1. The maximum Gasteiger partial charge on any atom is 0.0558 e. The Morgan fingerprint density at radius 3 is 2.15 bits per heavy atom. The minimum atomic E-state index is 0.211. The maximum absolute atomic E-state index is 9.18. The lowest BCUT2D eigenvalue weighted by atomic mass is 10.2. The number of aliphatic hydroxyl groups excluding tert-OH is 1. The van der Waals surface area contributed by atoms with E-state index in [9.17, 15) is 5.11 Å². The molecule has 2 rings (SSSR count). The third-order valence-corrected chi connectivity index (χ3v) is 4.08. The van der Waals surface area contributed by atoms with Gasteiger partial charge in [0.05, 0.1) is 6.61 Å². The summed E-state index contributed by atoms with van der Waals surface area (Å²) in [6, 6.07) is 20.9. The van der Waals surface area contributed by atoms with E-state index in [1.54, 1.807) is 0 Å². The molecule has 2 aromatic rings. The topological polar surface area (TPSA) is 23.5 Å². The van der Waals surface area contributed by atoms with Gasteiger partial charge in [0.1, 0.15) is 0 Å². The van der Waals surface area contributed by atoms with Gasteiger partial charge in [-0.1, -0.05) is 48.5 Å². The summed E-state index contributed by atoms with van der Waals surface area (Å²) in [4.78, 5) is 3.60. The molecule has 0 amide bonds. The second-order valence-corrected chi connectivity index (χ2v) is 5.82. The average molecular weight is 287 g/mol. The van der Waals surface area contributed by atoms with Crippen molar-refractivity contribution >= 4 is 11.8 Å². The predicted molar refractivity (Wildman–Crippen MR) is 86.0 cm³/mol. The van der Waals surface area contributed by atoms with E-state index in [1.165, 1.54) is 10.5 Å². The molecule has 2 aromatic carbocycles. The summed E-state index contributed by atoms with van der Waals surface area (Å²) in [7, 11) is 0. The highest BCUT2D eigenvalue weighted by molar-refractivity contribution is 7.99. The molecule has 0 unspecified atom stereocenters. The van der Waals surface area contributed by atoms with Gasteiger partial charge in [-0.25, -0.2) is 0 Å². The molecule has 0 aromatic heterocycles. The number of rotatable bonds is 8. The van der Waals surface area contributed by atoms with E-state index in [2.05, 4.69) is 53.4 Å². The summed E-state index contributed by atoms with van der Waals surface area (Å²) >= 11 is 1.86. The summed E-state index contributed by atoms with van der Waals surface area (Å²) in [6.07, 6.45) is 0. The Labute approximate surface area is 125 Å². The minimum Gasteiger partial charge on any atom is -0.395 e. The maximum atomic E-state index is 9.18. The number of benzene rings is 2. The molecule has 106 valence electrons. The van der Waals surface area contributed by atoms with E-state index in [4.69, 9.17) is 0 Å². The molecule has 2 nitrogen and oxygen atoms in total. The van der Waals surface area contributed by atoms with E-state index < -0.39 is 0 Å². The van der Waals surface area contributed by atoms with Crippen LogP contribution in [0.25, 0.3) is 0 Å². The van der Waals surface area contributed by atoms with Gasteiger partial charge in [-0.3, -0.25) is 4.90 Å². The fraction of sp³-hybridized carbons (Fsp3) is 0.294. The van der Waals surface area contributed by atoms with Crippen LogP contribution in [0.3, 0.4) is 0 Å². The lowest BCUT2D eigenvalue weighted by Crippen LogP contribution is -2.28. The van der Waals surface area contributed by atoms with Crippen LogP contribution in [0.2, 0.25) is 0 Å². The standard InChI is InChI=1S/C17H21NOS/c19-13-11-18(15-16-7-3-1-4-8-16)12-14-20-17-9-5-2-6-10-17/h1-10,19H,11-15H2. The monoisotopic (exact) mass is 287 g/mol. The number of hydrogen-bond donors (Lipinski definition) is 1. The Hall–Kier alpha value is -1.29. The summed E-state index contributed by atoms with van der Waals surface area (Å²) in [5, 5.41) is 9.18. The number of hydrogen-bond acceptors (Lipinski definition) is 3. The molecule has 3 heteroatoms. The molecular weight excluding hydrogens is 266 g/mol. The predicted octanol–water partition coefficient (Wildman–Crippen LogP) is 3.27. The van der Waals surface area contributed by atoms with Gasteiger partial charge in [-0.15, -0.1) is 11.8 Å². The molecular formula is C17H21NOS. The molecule has 0 bridgehead atoms. The molecule has 0 radical (unpaired) electrons. The van der Waals surface area contributed by atoms with Crippen molar-refractivity contribution in [2.24, 2.45) is 0 Å². The second kappa shape index (κ2) is 8.80. The summed E-state index contributed by atoms with van der Waals surface area (Å²) in [5.74, 6) is 1.04. The Morgan fingerprint density at radius 2 is 1.50 bits per heavy atom. The largest absolute Gasteiger partial charge is 0.395 e. The van der Waals surface area contributed by atoms with Gasteiger partial charge in [0.25, 0.3) is 0 Å². The van der Waals surface area contributed by atoms with Crippen LogP contribution in [0.5, 0.6) is 0 Å². The van der Waals surface area contributed by atoms with Crippen molar-refractivity contribution in [1.29, 1.82) is 0 Å². The zero-order valence-electron chi connectivity index (χ0n) is 11.6. The lowest BCUT2D eigenvalue weighted by molar-refractivity contribution is 0.198. The van der Waals surface area contributed by atoms with Crippen LogP contribution in [0.4, 0.5) is 0 Å². The van der Waals surface area contributed by atoms with E-state index in [0.717, 1.165) is 25.4 Å². The molecule has 1 N–H and O–H groups in total. The van der Waals surface area contributed by atoms with Gasteiger partial charge < -0.3 is 5.11 Å². The number of nitrogens with zero attached hydrogens (tertiary/aromatic N) is 1. The lowest BCUT2D eigenvalue weighted by Gasteiger charge is -2.21. The Morgan fingerprint density at radius 1 is 0.850 bits per heavy atom. The fourth-order valence-corrected chi connectivity index (χ4v) is 3.00. The van der Waals surface area contributed by atoms with Gasteiger partial charge in [-0.2, -0.15) is 0 Å². The molecule has 0 aliphatic rings. The smallest absolute Gasteiger partial charge is 0.0558 e. The number of aliphatic hydroxyl groups is 1. The molecule has 0 saturated heterocycles. The van der Waals surface area contributed by atoms with E-state index in [0.29, 0.717) is 0 Å². The van der Waals surface area contributed by atoms with Crippen LogP contribution in [0.1, 0.15) is 5.56 Å². The molecule has 20 heavy (non-hydrogen) atoms. The highest BCUT2D eigenvalue weighted by Gasteiger charge is 2.05. The van der Waals surface area contributed by atoms with Gasteiger partial charge in [0.15, 0.2) is 0 Å². The van der Waals surface area contributed by atoms with E-state index in [-0.39, 0.29) is 6.61 Å². The van der Waals surface area contributed by atoms with Gasteiger partial charge >= 0.3 is 0 Å². The first-order valence-corrected chi connectivity index (χ1v) is 7.92. The van der Waals surface area contributed by atoms with Crippen molar-refractivity contribution in [3.8, 4) is 0 Å². The Kier molecular flexibility index (Phi) is 6.64. The molecule has 0 atom stereocenters. The third-order valence-electron chi connectivity index (χ3n) is 3.08. The van der Waals surface area contributed by atoms with Gasteiger partial charge in [-0.05, 0) is 17.7 Å². The highest BCUT2D eigenvalue weighted by atomic mass is 32.2. The normalized spacial score (nSPS) is 10.9. The average Bonchev–Trinajstić information content (AvgIpc) is 2.49.